The number of aryl methyl sites for hydroxylation is 1. The predicted molar refractivity (Wildman–Crippen MR) is 148 cm³/mol. The first-order valence-corrected chi connectivity index (χ1v) is 13.0. The van der Waals surface area contributed by atoms with E-state index in [4.69, 9.17) is 9.47 Å². The molecule has 3 aromatic carbocycles. The Hall–Kier alpha value is -3.90. The maximum atomic E-state index is 13.2. The number of amides is 1. The summed E-state index contributed by atoms with van der Waals surface area (Å²) in [6, 6.07) is 22.2. The first-order chi connectivity index (χ1) is 18.3. The molecule has 0 saturated carbocycles. The SMILES string of the molecule is COCCCN1C(=O)C(=O)C(=C(O)c2ccc(OCc3cccc(C)c3)cc2)[C@@H]1c1ccc(C(C)C)cc1. The molecule has 1 aliphatic rings. The van der Waals surface area contributed by atoms with Crippen molar-refractivity contribution in [1.29, 1.82) is 0 Å². The third-order valence-electron chi connectivity index (χ3n) is 6.82. The van der Waals surface area contributed by atoms with Gasteiger partial charge in [-0.1, -0.05) is 67.9 Å². The first-order valence-electron chi connectivity index (χ1n) is 13.0. The van der Waals surface area contributed by atoms with E-state index in [0.717, 1.165) is 16.7 Å². The van der Waals surface area contributed by atoms with Crippen LogP contribution in [0.3, 0.4) is 0 Å². The average molecular weight is 514 g/mol. The number of carbonyl (C=O) groups excluding carboxylic acids is 2. The number of aliphatic hydroxyl groups excluding tert-OH is 1. The normalized spacial score (nSPS) is 16.9. The summed E-state index contributed by atoms with van der Waals surface area (Å²) in [5.41, 5.74) is 4.72. The summed E-state index contributed by atoms with van der Waals surface area (Å²) in [7, 11) is 1.60. The summed E-state index contributed by atoms with van der Waals surface area (Å²) in [4.78, 5) is 27.8. The summed E-state index contributed by atoms with van der Waals surface area (Å²) in [6.45, 7) is 7.49. The van der Waals surface area contributed by atoms with Crippen LogP contribution < -0.4 is 4.74 Å². The number of benzene rings is 3. The van der Waals surface area contributed by atoms with E-state index in [2.05, 4.69) is 19.9 Å². The molecule has 0 bridgehead atoms. The molecular weight excluding hydrogens is 478 g/mol. The monoisotopic (exact) mass is 513 g/mol. The molecule has 1 heterocycles. The number of hydrogen-bond donors (Lipinski definition) is 1. The summed E-state index contributed by atoms with van der Waals surface area (Å²) in [5.74, 6) is -0.496. The van der Waals surface area contributed by atoms with Crippen molar-refractivity contribution in [3.63, 3.8) is 0 Å². The van der Waals surface area contributed by atoms with Gasteiger partial charge in [0.15, 0.2) is 0 Å². The van der Waals surface area contributed by atoms with Gasteiger partial charge in [-0.05, 0) is 60.2 Å². The van der Waals surface area contributed by atoms with Crippen molar-refractivity contribution in [1.82, 2.24) is 4.90 Å². The third-order valence-corrected chi connectivity index (χ3v) is 6.82. The zero-order valence-electron chi connectivity index (χ0n) is 22.4. The molecule has 198 valence electrons. The Morgan fingerprint density at radius 3 is 2.34 bits per heavy atom. The highest BCUT2D eigenvalue weighted by Gasteiger charge is 2.45. The quantitative estimate of drug-likeness (QED) is 0.152. The van der Waals surface area contributed by atoms with Crippen LogP contribution in [0.5, 0.6) is 5.75 Å². The van der Waals surface area contributed by atoms with Crippen molar-refractivity contribution in [3.8, 4) is 5.75 Å². The van der Waals surface area contributed by atoms with E-state index >= 15 is 0 Å². The van der Waals surface area contributed by atoms with Gasteiger partial charge in [0.1, 0.15) is 18.1 Å². The largest absolute Gasteiger partial charge is 0.507 e. The molecule has 1 N–H and O–H groups in total. The van der Waals surface area contributed by atoms with Gasteiger partial charge in [0.25, 0.3) is 11.7 Å². The smallest absolute Gasteiger partial charge is 0.295 e. The fourth-order valence-corrected chi connectivity index (χ4v) is 4.73. The van der Waals surface area contributed by atoms with Crippen LogP contribution in [-0.4, -0.2) is 42.0 Å². The van der Waals surface area contributed by atoms with Crippen LogP contribution in [0.1, 0.15) is 60.0 Å². The fourth-order valence-electron chi connectivity index (χ4n) is 4.73. The predicted octanol–water partition coefficient (Wildman–Crippen LogP) is 6.16. The van der Waals surface area contributed by atoms with E-state index in [1.54, 1.807) is 31.4 Å². The van der Waals surface area contributed by atoms with Crippen molar-refractivity contribution in [3.05, 3.63) is 106 Å². The van der Waals surface area contributed by atoms with Crippen LogP contribution in [-0.2, 0) is 20.9 Å². The average Bonchev–Trinajstić information content (AvgIpc) is 3.17. The zero-order valence-corrected chi connectivity index (χ0v) is 22.4. The fraction of sp³-hybridized carbons (Fsp3) is 0.312. The highest BCUT2D eigenvalue weighted by atomic mass is 16.5. The number of aliphatic hydroxyl groups is 1. The van der Waals surface area contributed by atoms with E-state index < -0.39 is 17.7 Å². The van der Waals surface area contributed by atoms with Gasteiger partial charge >= 0.3 is 0 Å². The Labute approximate surface area is 224 Å². The maximum absolute atomic E-state index is 13.2. The van der Waals surface area contributed by atoms with Gasteiger partial charge in [0, 0.05) is 25.8 Å². The molecule has 1 atom stereocenters. The molecule has 0 aliphatic carbocycles. The van der Waals surface area contributed by atoms with E-state index in [0.29, 0.717) is 43.4 Å². The molecule has 6 heteroatoms. The van der Waals surface area contributed by atoms with Gasteiger partial charge in [-0.2, -0.15) is 0 Å². The number of likely N-dealkylation sites (tertiary alicyclic amines) is 1. The minimum atomic E-state index is -0.683. The zero-order chi connectivity index (χ0) is 27.2. The van der Waals surface area contributed by atoms with Crippen molar-refractivity contribution in [2.75, 3.05) is 20.3 Å². The van der Waals surface area contributed by atoms with Gasteiger partial charge in [-0.25, -0.2) is 0 Å². The lowest BCUT2D eigenvalue weighted by Gasteiger charge is -2.25. The number of nitrogens with zero attached hydrogens (tertiary/aromatic N) is 1. The molecule has 0 radical (unpaired) electrons. The Balaban J connectivity index is 1.64. The second-order valence-corrected chi connectivity index (χ2v) is 9.96. The molecule has 6 nitrogen and oxygen atoms in total. The minimum absolute atomic E-state index is 0.0955. The first kappa shape index (κ1) is 27.1. The van der Waals surface area contributed by atoms with Crippen LogP contribution in [0.25, 0.3) is 5.76 Å². The Morgan fingerprint density at radius 1 is 1.00 bits per heavy atom. The van der Waals surface area contributed by atoms with E-state index in [9.17, 15) is 14.7 Å². The summed E-state index contributed by atoms with van der Waals surface area (Å²) < 4.78 is 11.1. The van der Waals surface area contributed by atoms with E-state index in [-0.39, 0.29) is 11.3 Å². The molecule has 3 aromatic rings. The van der Waals surface area contributed by atoms with Gasteiger partial charge in [-0.15, -0.1) is 0 Å². The van der Waals surface area contributed by atoms with Crippen LogP contribution >= 0.6 is 0 Å². The number of Topliss-reactive ketones (excluding diaryl/α,β-unsaturated/α-hetero) is 1. The summed E-state index contributed by atoms with van der Waals surface area (Å²) >= 11 is 0. The maximum Gasteiger partial charge on any atom is 0.295 e. The molecule has 4 rings (SSSR count). The number of ether oxygens (including phenoxy) is 2. The Bertz CT molecular complexity index is 1310. The number of ketones is 1. The van der Waals surface area contributed by atoms with Crippen LogP contribution in [0.4, 0.5) is 0 Å². The van der Waals surface area contributed by atoms with Crippen molar-refractivity contribution < 1.29 is 24.2 Å². The van der Waals surface area contributed by atoms with Gasteiger partial charge < -0.3 is 19.5 Å². The number of methoxy groups -OCH3 is 1. The topological polar surface area (TPSA) is 76.1 Å². The van der Waals surface area contributed by atoms with Crippen molar-refractivity contribution >= 4 is 17.4 Å². The summed E-state index contributed by atoms with van der Waals surface area (Å²) in [6.07, 6.45) is 0.580. The van der Waals surface area contributed by atoms with Crippen LogP contribution in [0.2, 0.25) is 0 Å². The van der Waals surface area contributed by atoms with Crippen LogP contribution in [0.15, 0.2) is 78.4 Å². The molecule has 0 spiro atoms. The Kier molecular flexibility index (Phi) is 8.64. The number of rotatable bonds is 10. The molecule has 1 saturated heterocycles. The number of hydrogen-bond acceptors (Lipinski definition) is 5. The molecule has 1 fully saturated rings. The molecule has 38 heavy (non-hydrogen) atoms. The minimum Gasteiger partial charge on any atom is -0.507 e. The second kappa shape index (κ2) is 12.1. The van der Waals surface area contributed by atoms with Crippen LogP contribution in [0, 0.1) is 6.92 Å². The standard InChI is InChI=1S/C32H35NO5/c1-21(2)24-9-11-25(12-10-24)29-28(31(35)32(36)33(29)17-6-18-37-4)30(34)26-13-15-27(16-14-26)38-20-23-8-5-7-22(3)19-23/h5,7-16,19,21,29,34H,6,17-18,20H2,1-4H3/t29-/m0/s1. The highest BCUT2D eigenvalue weighted by Crippen LogP contribution is 2.40. The number of carbonyl (C=O) groups is 2. The van der Waals surface area contributed by atoms with Crippen molar-refractivity contribution in [2.24, 2.45) is 0 Å². The Morgan fingerprint density at radius 2 is 1.71 bits per heavy atom. The lowest BCUT2D eigenvalue weighted by atomic mass is 9.93. The lowest BCUT2D eigenvalue weighted by Crippen LogP contribution is -2.31. The van der Waals surface area contributed by atoms with Gasteiger partial charge in [-0.3, -0.25) is 9.59 Å². The molecule has 0 unspecified atom stereocenters. The molecule has 1 amide bonds. The van der Waals surface area contributed by atoms with Gasteiger partial charge in [0.05, 0.1) is 11.6 Å². The van der Waals surface area contributed by atoms with E-state index in [1.165, 1.54) is 10.5 Å². The van der Waals surface area contributed by atoms with Gasteiger partial charge in [0.2, 0.25) is 0 Å². The molecular formula is C32H35NO5. The van der Waals surface area contributed by atoms with Crippen molar-refractivity contribution in [2.45, 2.75) is 45.8 Å². The van der Waals surface area contributed by atoms with E-state index in [1.807, 2.05) is 49.4 Å². The molecule has 1 aliphatic heterocycles. The third kappa shape index (κ3) is 5.97. The molecule has 0 aromatic heterocycles. The summed E-state index contributed by atoms with van der Waals surface area (Å²) in [5, 5.41) is 11.3. The second-order valence-electron chi connectivity index (χ2n) is 9.96. The lowest BCUT2D eigenvalue weighted by molar-refractivity contribution is -0.140. The highest BCUT2D eigenvalue weighted by molar-refractivity contribution is 6.46.